The van der Waals surface area contributed by atoms with Gasteiger partial charge in [0, 0.05) is 17.2 Å². The average molecular weight is 475 g/mol. The number of benzene rings is 2. The Morgan fingerprint density at radius 1 is 1.12 bits per heavy atom. The molecule has 0 radical (unpaired) electrons. The van der Waals surface area contributed by atoms with E-state index in [1.807, 2.05) is 0 Å². The van der Waals surface area contributed by atoms with Crippen molar-refractivity contribution in [2.75, 3.05) is 5.32 Å². The summed E-state index contributed by atoms with van der Waals surface area (Å²) >= 11 is 5.87. The lowest BCUT2D eigenvalue weighted by Gasteiger charge is -2.20. The van der Waals surface area contributed by atoms with Crippen molar-refractivity contribution in [3.8, 4) is 11.3 Å². The molecular formula is C24H18ClF3N2O3. The van der Waals surface area contributed by atoms with Gasteiger partial charge in [-0.25, -0.2) is 4.98 Å². The zero-order valence-electron chi connectivity index (χ0n) is 17.3. The lowest BCUT2D eigenvalue weighted by atomic mass is 9.99. The molecule has 0 aliphatic rings. The molecule has 0 saturated carbocycles. The van der Waals surface area contributed by atoms with Gasteiger partial charge in [0.2, 0.25) is 0 Å². The molecule has 4 aromatic rings. The van der Waals surface area contributed by atoms with Gasteiger partial charge in [0.05, 0.1) is 35.0 Å². The number of aliphatic hydroxyl groups is 1. The van der Waals surface area contributed by atoms with Crippen LogP contribution in [0.1, 0.15) is 29.8 Å². The van der Waals surface area contributed by atoms with Crippen molar-refractivity contribution < 1.29 is 22.7 Å². The van der Waals surface area contributed by atoms with Crippen molar-refractivity contribution in [1.82, 2.24) is 4.98 Å². The van der Waals surface area contributed by atoms with E-state index in [9.17, 15) is 23.1 Å². The molecule has 2 heterocycles. The largest absolute Gasteiger partial charge is 0.455 e. The molecule has 170 valence electrons. The smallest absolute Gasteiger partial charge is 0.416 e. The predicted octanol–water partition coefficient (Wildman–Crippen LogP) is 6.19. The SMILES string of the molecule is C[C@@H](Nc1ccc(Cl)nc1CO)c1cc(C(F)(F)F)cc2c(=O)cc(-c3ccccc3)oc12. The van der Waals surface area contributed by atoms with Gasteiger partial charge >= 0.3 is 6.18 Å². The first-order valence-electron chi connectivity index (χ1n) is 9.94. The maximum Gasteiger partial charge on any atom is 0.416 e. The van der Waals surface area contributed by atoms with Crippen LogP contribution in [0, 0.1) is 0 Å². The second-order valence-corrected chi connectivity index (χ2v) is 7.82. The molecule has 2 N–H and O–H groups in total. The molecule has 0 saturated heterocycles. The highest BCUT2D eigenvalue weighted by Gasteiger charge is 2.33. The highest BCUT2D eigenvalue weighted by molar-refractivity contribution is 6.29. The summed E-state index contributed by atoms with van der Waals surface area (Å²) in [6, 6.07) is 14.1. The van der Waals surface area contributed by atoms with Crippen LogP contribution >= 0.6 is 11.6 Å². The third-order valence-corrected chi connectivity index (χ3v) is 5.38. The molecule has 0 unspecified atom stereocenters. The van der Waals surface area contributed by atoms with E-state index in [0.717, 1.165) is 12.1 Å². The highest BCUT2D eigenvalue weighted by atomic mass is 35.5. The topological polar surface area (TPSA) is 75.4 Å². The normalized spacial score (nSPS) is 12.7. The Kier molecular flexibility index (Phi) is 6.14. The number of rotatable bonds is 5. The van der Waals surface area contributed by atoms with Crippen LogP contribution in [0.25, 0.3) is 22.3 Å². The summed E-state index contributed by atoms with van der Waals surface area (Å²) in [5.74, 6) is 0.241. The average Bonchev–Trinajstić information content (AvgIpc) is 2.79. The quantitative estimate of drug-likeness (QED) is 0.337. The van der Waals surface area contributed by atoms with E-state index in [4.69, 9.17) is 16.0 Å². The van der Waals surface area contributed by atoms with Crippen LogP contribution in [0.2, 0.25) is 5.15 Å². The predicted molar refractivity (Wildman–Crippen MR) is 120 cm³/mol. The fraction of sp³-hybridized carbons (Fsp3) is 0.167. The number of anilines is 1. The summed E-state index contributed by atoms with van der Waals surface area (Å²) in [7, 11) is 0. The number of pyridine rings is 1. The van der Waals surface area contributed by atoms with Gasteiger partial charge in [-0.15, -0.1) is 0 Å². The van der Waals surface area contributed by atoms with Crippen LogP contribution in [0.5, 0.6) is 0 Å². The van der Waals surface area contributed by atoms with Gasteiger partial charge < -0.3 is 14.8 Å². The first-order chi connectivity index (χ1) is 15.7. The van der Waals surface area contributed by atoms with Crippen molar-refractivity contribution in [3.05, 3.63) is 92.9 Å². The number of alkyl halides is 3. The van der Waals surface area contributed by atoms with Gasteiger partial charge in [-0.3, -0.25) is 4.79 Å². The van der Waals surface area contributed by atoms with Crippen LogP contribution in [0.4, 0.5) is 18.9 Å². The minimum Gasteiger partial charge on any atom is -0.455 e. The van der Waals surface area contributed by atoms with E-state index in [1.165, 1.54) is 12.1 Å². The molecule has 0 aliphatic carbocycles. The molecule has 0 spiro atoms. The molecule has 5 nitrogen and oxygen atoms in total. The number of aliphatic hydroxyl groups excluding tert-OH is 1. The summed E-state index contributed by atoms with van der Waals surface area (Å²) in [4.78, 5) is 16.8. The van der Waals surface area contributed by atoms with E-state index in [-0.39, 0.29) is 33.1 Å². The van der Waals surface area contributed by atoms with Gasteiger partial charge in [0.1, 0.15) is 16.5 Å². The Hall–Kier alpha value is -3.36. The maximum atomic E-state index is 13.6. The fourth-order valence-electron chi connectivity index (χ4n) is 3.55. The zero-order valence-corrected chi connectivity index (χ0v) is 18.0. The monoisotopic (exact) mass is 474 g/mol. The Bertz CT molecular complexity index is 1370. The standard InChI is InChI=1S/C24H18ClF3N2O3/c1-13(29-18-7-8-22(25)30-19(18)12-31)16-9-15(24(26,27)28)10-17-20(32)11-21(33-23(16)17)14-5-3-2-4-6-14/h2-11,13,29,31H,12H2,1H3/t13-/m1/s1. The van der Waals surface area contributed by atoms with E-state index < -0.39 is 29.8 Å². The molecule has 0 amide bonds. The first-order valence-corrected chi connectivity index (χ1v) is 10.3. The zero-order chi connectivity index (χ0) is 23.8. The molecular weight excluding hydrogens is 457 g/mol. The van der Waals surface area contributed by atoms with E-state index in [0.29, 0.717) is 11.3 Å². The van der Waals surface area contributed by atoms with Crippen molar-refractivity contribution in [3.63, 3.8) is 0 Å². The van der Waals surface area contributed by atoms with Gasteiger partial charge in [-0.05, 0) is 31.2 Å². The minimum absolute atomic E-state index is 0.0434. The van der Waals surface area contributed by atoms with Gasteiger partial charge in [0.25, 0.3) is 0 Å². The van der Waals surface area contributed by atoms with E-state index in [2.05, 4.69) is 10.3 Å². The number of hydrogen-bond donors (Lipinski definition) is 2. The number of halogens is 4. The minimum atomic E-state index is -4.66. The van der Waals surface area contributed by atoms with Gasteiger partial charge in [-0.1, -0.05) is 41.9 Å². The summed E-state index contributed by atoms with van der Waals surface area (Å²) in [6.45, 7) is 1.20. The summed E-state index contributed by atoms with van der Waals surface area (Å²) in [5.41, 5.74) is -0.129. The van der Waals surface area contributed by atoms with E-state index >= 15 is 0 Å². The van der Waals surface area contributed by atoms with Crippen LogP contribution in [-0.4, -0.2) is 10.1 Å². The number of nitrogens with one attached hydrogen (secondary N) is 1. The number of aromatic nitrogens is 1. The second kappa shape index (κ2) is 8.88. The molecule has 2 aromatic carbocycles. The Morgan fingerprint density at radius 2 is 1.85 bits per heavy atom. The molecule has 2 aromatic heterocycles. The molecule has 0 aliphatic heterocycles. The lowest BCUT2D eigenvalue weighted by molar-refractivity contribution is -0.137. The fourth-order valence-corrected chi connectivity index (χ4v) is 3.72. The number of fused-ring (bicyclic) bond motifs is 1. The summed E-state index contributed by atoms with van der Waals surface area (Å²) < 4.78 is 46.8. The molecule has 1 atom stereocenters. The second-order valence-electron chi connectivity index (χ2n) is 7.43. The van der Waals surface area contributed by atoms with Crippen molar-refractivity contribution in [1.29, 1.82) is 0 Å². The first kappa shape index (κ1) is 22.8. The highest BCUT2D eigenvalue weighted by Crippen LogP contribution is 2.36. The molecule has 0 fully saturated rings. The third-order valence-electron chi connectivity index (χ3n) is 5.17. The Balaban J connectivity index is 1.91. The summed E-state index contributed by atoms with van der Waals surface area (Å²) in [5, 5.41) is 12.6. The summed E-state index contributed by atoms with van der Waals surface area (Å²) in [6.07, 6.45) is -4.66. The van der Waals surface area contributed by atoms with E-state index in [1.54, 1.807) is 43.3 Å². The Labute approximate surface area is 191 Å². The third kappa shape index (κ3) is 4.72. The molecule has 9 heteroatoms. The van der Waals surface area contributed by atoms with Crippen LogP contribution in [0.3, 0.4) is 0 Å². The van der Waals surface area contributed by atoms with Crippen LogP contribution < -0.4 is 10.7 Å². The number of hydrogen-bond acceptors (Lipinski definition) is 5. The van der Waals surface area contributed by atoms with Gasteiger partial charge in [-0.2, -0.15) is 13.2 Å². The van der Waals surface area contributed by atoms with Crippen molar-refractivity contribution in [2.45, 2.75) is 25.7 Å². The van der Waals surface area contributed by atoms with Gasteiger partial charge in [0.15, 0.2) is 5.43 Å². The van der Waals surface area contributed by atoms with Crippen LogP contribution in [-0.2, 0) is 12.8 Å². The maximum absolute atomic E-state index is 13.6. The molecule has 0 bridgehead atoms. The van der Waals surface area contributed by atoms with Crippen molar-refractivity contribution >= 4 is 28.3 Å². The number of nitrogens with zero attached hydrogens (tertiary/aromatic N) is 1. The molecule has 4 rings (SSSR count). The van der Waals surface area contributed by atoms with Crippen LogP contribution in [0.15, 0.2) is 69.9 Å². The molecule has 33 heavy (non-hydrogen) atoms. The van der Waals surface area contributed by atoms with Crippen molar-refractivity contribution in [2.24, 2.45) is 0 Å². The Morgan fingerprint density at radius 3 is 2.52 bits per heavy atom. The lowest BCUT2D eigenvalue weighted by Crippen LogP contribution is -2.14.